The minimum atomic E-state index is 0.375. The summed E-state index contributed by atoms with van der Waals surface area (Å²) in [5.41, 5.74) is 0.392. The smallest absolute Gasteiger partial charge is 0.194 e. The van der Waals surface area contributed by atoms with Crippen molar-refractivity contribution in [2.24, 2.45) is 10.4 Å². The lowest BCUT2D eigenvalue weighted by molar-refractivity contribution is 0.351. The topological polar surface area (TPSA) is 27.6 Å². The van der Waals surface area contributed by atoms with Crippen molar-refractivity contribution < 1.29 is 0 Å². The molecule has 0 spiro atoms. The van der Waals surface area contributed by atoms with Gasteiger partial charge in [0, 0.05) is 19.6 Å². The molecular formula is C17H37N3. The fourth-order valence-electron chi connectivity index (χ4n) is 1.92. The minimum absolute atomic E-state index is 0.375. The Morgan fingerprint density at radius 1 is 1.20 bits per heavy atom. The molecule has 0 saturated carbocycles. The van der Waals surface area contributed by atoms with Crippen molar-refractivity contribution in [2.75, 3.05) is 13.6 Å². The summed E-state index contributed by atoms with van der Waals surface area (Å²) in [7, 11) is 2.14. The van der Waals surface area contributed by atoms with E-state index in [2.05, 4.69) is 65.7 Å². The van der Waals surface area contributed by atoms with E-state index in [-0.39, 0.29) is 0 Å². The van der Waals surface area contributed by atoms with Crippen LogP contribution in [0.15, 0.2) is 4.99 Å². The first kappa shape index (κ1) is 19.3. The average molecular weight is 284 g/mol. The Morgan fingerprint density at radius 2 is 1.80 bits per heavy atom. The van der Waals surface area contributed by atoms with E-state index in [0.717, 1.165) is 18.9 Å². The molecule has 0 rings (SSSR count). The predicted octanol–water partition coefficient (Wildman–Crippen LogP) is 4.29. The summed E-state index contributed by atoms with van der Waals surface area (Å²) in [5.74, 6) is 1.05. The number of rotatable bonds is 7. The zero-order chi connectivity index (χ0) is 15.8. The zero-order valence-electron chi connectivity index (χ0n) is 15.1. The second-order valence-electron chi connectivity index (χ2n) is 7.48. The van der Waals surface area contributed by atoms with Gasteiger partial charge in [-0.05, 0) is 45.4 Å². The summed E-state index contributed by atoms with van der Waals surface area (Å²) in [4.78, 5) is 7.17. The molecule has 120 valence electrons. The van der Waals surface area contributed by atoms with Gasteiger partial charge in [0.1, 0.15) is 0 Å². The highest BCUT2D eigenvalue weighted by Gasteiger charge is 2.14. The predicted molar refractivity (Wildman–Crippen MR) is 91.4 cm³/mol. The van der Waals surface area contributed by atoms with Crippen LogP contribution in [0.1, 0.15) is 74.1 Å². The fraction of sp³-hybridized carbons (Fsp3) is 0.941. The quantitative estimate of drug-likeness (QED) is 0.557. The van der Waals surface area contributed by atoms with Gasteiger partial charge in [0.2, 0.25) is 0 Å². The molecule has 1 atom stereocenters. The number of nitrogens with zero attached hydrogens (tertiary/aromatic N) is 2. The number of aliphatic imine (C=N–C) groups is 1. The second-order valence-corrected chi connectivity index (χ2v) is 7.48. The molecule has 0 amide bonds. The molecule has 3 heteroatoms. The van der Waals surface area contributed by atoms with Gasteiger partial charge in [-0.1, -0.05) is 34.1 Å². The third kappa shape index (κ3) is 10.1. The highest BCUT2D eigenvalue weighted by Crippen LogP contribution is 2.22. The van der Waals surface area contributed by atoms with Crippen molar-refractivity contribution in [3.8, 4) is 0 Å². The van der Waals surface area contributed by atoms with Crippen LogP contribution in [-0.2, 0) is 0 Å². The number of hydrogen-bond donors (Lipinski definition) is 1. The van der Waals surface area contributed by atoms with Gasteiger partial charge in [0.25, 0.3) is 0 Å². The monoisotopic (exact) mass is 283 g/mol. The van der Waals surface area contributed by atoms with E-state index in [1.807, 2.05) is 0 Å². The lowest BCUT2D eigenvalue weighted by Gasteiger charge is -2.26. The van der Waals surface area contributed by atoms with Crippen LogP contribution in [0.5, 0.6) is 0 Å². The first-order valence-electron chi connectivity index (χ1n) is 8.21. The molecular weight excluding hydrogens is 246 g/mol. The Labute approximate surface area is 127 Å². The third-order valence-electron chi connectivity index (χ3n) is 3.28. The van der Waals surface area contributed by atoms with E-state index >= 15 is 0 Å². The van der Waals surface area contributed by atoms with Gasteiger partial charge in [-0.3, -0.25) is 4.99 Å². The average Bonchev–Trinajstić information content (AvgIpc) is 2.31. The summed E-state index contributed by atoms with van der Waals surface area (Å²) in [6.45, 7) is 16.7. The first-order valence-corrected chi connectivity index (χ1v) is 8.21. The van der Waals surface area contributed by atoms with E-state index in [1.54, 1.807) is 0 Å². The molecule has 1 N–H and O–H groups in total. The highest BCUT2D eigenvalue weighted by molar-refractivity contribution is 5.80. The van der Waals surface area contributed by atoms with Crippen LogP contribution < -0.4 is 5.32 Å². The van der Waals surface area contributed by atoms with Gasteiger partial charge in [-0.25, -0.2) is 0 Å². The fourth-order valence-corrected chi connectivity index (χ4v) is 1.92. The van der Waals surface area contributed by atoms with Crippen LogP contribution in [0.25, 0.3) is 0 Å². The molecule has 0 aromatic rings. The third-order valence-corrected chi connectivity index (χ3v) is 3.28. The van der Waals surface area contributed by atoms with E-state index in [9.17, 15) is 0 Å². The van der Waals surface area contributed by atoms with Gasteiger partial charge in [0.05, 0.1) is 6.04 Å². The van der Waals surface area contributed by atoms with Gasteiger partial charge in [0.15, 0.2) is 5.96 Å². The molecule has 3 nitrogen and oxygen atoms in total. The maximum absolute atomic E-state index is 4.90. The minimum Gasteiger partial charge on any atom is -0.354 e. The molecule has 0 aliphatic carbocycles. The Morgan fingerprint density at radius 3 is 2.25 bits per heavy atom. The Hall–Kier alpha value is -0.730. The lowest BCUT2D eigenvalue weighted by atomic mass is 9.89. The zero-order valence-corrected chi connectivity index (χ0v) is 15.1. The highest BCUT2D eigenvalue weighted by atomic mass is 15.3. The maximum Gasteiger partial charge on any atom is 0.194 e. The molecule has 20 heavy (non-hydrogen) atoms. The molecule has 0 heterocycles. The molecule has 0 aliphatic heterocycles. The van der Waals surface area contributed by atoms with Crippen LogP contribution in [0.2, 0.25) is 0 Å². The molecule has 0 aromatic carbocycles. The molecule has 0 aromatic heterocycles. The number of unbranched alkanes of at least 4 members (excludes halogenated alkanes) is 1. The molecule has 0 radical (unpaired) electrons. The van der Waals surface area contributed by atoms with Crippen molar-refractivity contribution in [1.29, 1.82) is 0 Å². The molecule has 1 unspecified atom stereocenters. The van der Waals surface area contributed by atoms with Gasteiger partial charge in [-0.15, -0.1) is 0 Å². The normalized spacial score (nSPS) is 14.6. The summed E-state index contributed by atoms with van der Waals surface area (Å²) in [6, 6.07) is 0.798. The van der Waals surface area contributed by atoms with Crippen LogP contribution in [0.3, 0.4) is 0 Å². The molecule has 0 bridgehead atoms. The molecule has 0 aliphatic rings. The molecule has 0 fully saturated rings. The maximum atomic E-state index is 4.90. The molecule has 0 saturated heterocycles. The van der Waals surface area contributed by atoms with E-state index in [4.69, 9.17) is 4.99 Å². The van der Waals surface area contributed by atoms with Crippen LogP contribution in [0, 0.1) is 5.41 Å². The van der Waals surface area contributed by atoms with Crippen molar-refractivity contribution in [1.82, 2.24) is 10.2 Å². The van der Waals surface area contributed by atoms with Gasteiger partial charge in [-0.2, -0.15) is 0 Å². The van der Waals surface area contributed by atoms with Crippen molar-refractivity contribution in [2.45, 2.75) is 86.2 Å². The van der Waals surface area contributed by atoms with E-state index in [0.29, 0.717) is 17.5 Å². The van der Waals surface area contributed by atoms with Crippen LogP contribution in [0.4, 0.5) is 0 Å². The Bertz CT molecular complexity index is 276. The van der Waals surface area contributed by atoms with Crippen molar-refractivity contribution >= 4 is 5.96 Å². The standard InChI is InChI=1S/C17H37N3/c1-9-10-13-20(8)16(18-14(2)3)19-15(4)11-12-17(5,6)7/h14-15H,9-13H2,1-8H3,(H,18,19). The largest absolute Gasteiger partial charge is 0.354 e. The second kappa shape index (κ2) is 9.25. The Kier molecular flexibility index (Phi) is 8.91. The number of guanidine groups is 1. The lowest BCUT2D eigenvalue weighted by Crippen LogP contribution is -2.43. The summed E-state index contributed by atoms with van der Waals surface area (Å²) < 4.78 is 0. The SMILES string of the molecule is CCCCN(C)C(=NC(C)CCC(C)(C)C)NC(C)C. The van der Waals surface area contributed by atoms with Gasteiger partial charge < -0.3 is 10.2 Å². The first-order chi connectivity index (χ1) is 9.15. The van der Waals surface area contributed by atoms with E-state index < -0.39 is 0 Å². The summed E-state index contributed by atoms with van der Waals surface area (Å²) in [5, 5.41) is 3.49. The number of nitrogens with one attached hydrogen (secondary N) is 1. The van der Waals surface area contributed by atoms with Gasteiger partial charge >= 0.3 is 0 Å². The van der Waals surface area contributed by atoms with Crippen LogP contribution >= 0.6 is 0 Å². The van der Waals surface area contributed by atoms with Crippen molar-refractivity contribution in [3.63, 3.8) is 0 Å². The van der Waals surface area contributed by atoms with Crippen molar-refractivity contribution in [3.05, 3.63) is 0 Å². The van der Waals surface area contributed by atoms with E-state index in [1.165, 1.54) is 19.3 Å². The summed E-state index contributed by atoms with van der Waals surface area (Å²) in [6.07, 6.45) is 4.80. The van der Waals surface area contributed by atoms with Crippen LogP contribution in [-0.4, -0.2) is 36.5 Å². The Balaban J connectivity index is 4.61. The summed E-state index contributed by atoms with van der Waals surface area (Å²) >= 11 is 0. The number of hydrogen-bond acceptors (Lipinski definition) is 1.